The van der Waals surface area contributed by atoms with Gasteiger partial charge in [0.05, 0.1) is 37.9 Å². The molecule has 15 atom stereocenters. The Bertz CT molecular complexity index is 976. The van der Waals surface area contributed by atoms with E-state index in [-0.39, 0.29) is 12.3 Å². The summed E-state index contributed by atoms with van der Waals surface area (Å²) in [5.74, 6) is 0.0393. The molecule has 17 heteroatoms. The fourth-order valence-electron chi connectivity index (χ4n) is 5.22. The van der Waals surface area contributed by atoms with E-state index >= 15 is 0 Å². The van der Waals surface area contributed by atoms with Crippen LogP contribution in [0.25, 0.3) is 0 Å². The van der Waals surface area contributed by atoms with Gasteiger partial charge in [-0.2, -0.15) is 0 Å². The lowest BCUT2D eigenvalue weighted by Crippen LogP contribution is -2.69. The highest BCUT2D eigenvalue weighted by molar-refractivity contribution is 5.25. The van der Waals surface area contributed by atoms with Crippen molar-refractivity contribution >= 4 is 0 Å². The number of rotatable bonds is 10. The smallest absolute Gasteiger partial charge is 0.176 e. The number of phenols is 1. The minimum Gasteiger partial charge on any atom is -0.508 e. The third-order valence-electron chi connectivity index (χ3n) is 7.76. The Morgan fingerprint density at radius 2 is 1.21 bits per heavy atom. The molecule has 0 bridgehead atoms. The number of aliphatic hydroxyl groups is 8. The zero-order valence-corrected chi connectivity index (χ0v) is 22.5. The second kappa shape index (κ2) is 14.4. The van der Waals surface area contributed by atoms with Gasteiger partial charge in [0.2, 0.25) is 0 Å². The van der Waals surface area contributed by atoms with Crippen LogP contribution in [0.4, 0.5) is 0 Å². The topological polar surface area (TPSA) is 292 Å². The molecule has 2 unspecified atom stereocenters. The molecular formula is C25H41N3O14. The van der Waals surface area contributed by atoms with E-state index in [1.165, 1.54) is 12.1 Å². The first-order valence-corrected chi connectivity index (χ1v) is 13.5. The van der Waals surface area contributed by atoms with Gasteiger partial charge in [0.25, 0.3) is 0 Å². The van der Waals surface area contributed by atoms with Crippen molar-refractivity contribution in [1.29, 1.82) is 0 Å². The zero-order chi connectivity index (χ0) is 30.7. The number of phenolic OH excluding ortho intramolecular Hbond substituents is 1. The average Bonchev–Trinajstić information content (AvgIpc) is 2.98. The maximum absolute atomic E-state index is 11.5. The summed E-state index contributed by atoms with van der Waals surface area (Å²) < 4.78 is 28.6. The molecule has 0 aliphatic carbocycles. The summed E-state index contributed by atoms with van der Waals surface area (Å²) in [6, 6.07) is 2.39. The summed E-state index contributed by atoms with van der Waals surface area (Å²) in [7, 11) is 0. The molecule has 0 radical (unpaired) electrons. The number of aromatic hydroxyl groups is 1. The van der Waals surface area contributed by atoms with Gasteiger partial charge in [-0.1, -0.05) is 12.1 Å². The van der Waals surface area contributed by atoms with Crippen LogP contribution in [0.5, 0.6) is 5.75 Å². The normalized spacial score (nSPS) is 44.7. The number of benzene rings is 1. The quantitative estimate of drug-likeness (QED) is 0.118. The van der Waals surface area contributed by atoms with Crippen molar-refractivity contribution in [1.82, 2.24) is 5.32 Å². The third kappa shape index (κ3) is 7.02. The van der Waals surface area contributed by atoms with Crippen molar-refractivity contribution in [2.45, 2.75) is 98.5 Å². The molecule has 3 aliphatic rings. The molecule has 3 fully saturated rings. The van der Waals surface area contributed by atoms with E-state index in [4.69, 9.17) is 35.2 Å². The Hall–Kier alpha value is -1.62. The van der Waals surface area contributed by atoms with Gasteiger partial charge < -0.3 is 86.4 Å². The second-order valence-electron chi connectivity index (χ2n) is 10.6. The van der Waals surface area contributed by atoms with Gasteiger partial charge in [0.15, 0.2) is 18.9 Å². The molecule has 0 amide bonds. The number of nitrogens with one attached hydrogen (secondary N) is 1. The number of ether oxygens (including phenoxy) is 5. The van der Waals surface area contributed by atoms with Gasteiger partial charge >= 0.3 is 0 Å². The fourth-order valence-corrected chi connectivity index (χ4v) is 5.22. The molecule has 14 N–H and O–H groups in total. The van der Waals surface area contributed by atoms with Crippen molar-refractivity contribution < 1.29 is 69.6 Å². The number of hydrogen-bond donors (Lipinski definition) is 12. The van der Waals surface area contributed by atoms with E-state index in [0.717, 1.165) is 0 Å². The lowest BCUT2D eigenvalue weighted by molar-refractivity contribution is -0.350. The highest BCUT2D eigenvalue weighted by Crippen LogP contribution is 2.32. The van der Waals surface area contributed by atoms with Crippen LogP contribution >= 0.6 is 0 Å². The Balaban J connectivity index is 1.58. The minimum absolute atomic E-state index is 0.0393. The summed E-state index contributed by atoms with van der Waals surface area (Å²) in [6.45, 7) is -1.95. The number of aliphatic hydroxyl groups excluding tert-OH is 8. The molecule has 3 heterocycles. The lowest BCUT2D eigenvalue weighted by Gasteiger charge is -2.49. The Labute approximate surface area is 240 Å². The number of nitrogens with two attached hydrogens (primary N) is 2. The van der Waals surface area contributed by atoms with Crippen LogP contribution in [0, 0.1) is 0 Å². The van der Waals surface area contributed by atoms with Crippen LogP contribution in [-0.2, 0) is 30.2 Å². The minimum atomic E-state index is -1.59. The average molecular weight is 608 g/mol. The van der Waals surface area contributed by atoms with Gasteiger partial charge in [0, 0.05) is 6.54 Å². The van der Waals surface area contributed by atoms with E-state index in [1.807, 2.05) is 0 Å². The van der Waals surface area contributed by atoms with Crippen LogP contribution in [0.3, 0.4) is 0 Å². The highest BCUT2D eigenvalue weighted by atomic mass is 16.7. The predicted octanol–water partition coefficient (Wildman–Crippen LogP) is -6.14. The van der Waals surface area contributed by atoms with Crippen LogP contribution in [-0.4, -0.2) is 158 Å². The van der Waals surface area contributed by atoms with Gasteiger partial charge in [-0.3, -0.25) is 0 Å². The zero-order valence-electron chi connectivity index (χ0n) is 22.5. The lowest BCUT2D eigenvalue weighted by atomic mass is 9.94. The monoisotopic (exact) mass is 607 g/mol. The van der Waals surface area contributed by atoms with Crippen LogP contribution < -0.4 is 16.8 Å². The molecule has 0 aromatic heterocycles. The summed E-state index contributed by atoms with van der Waals surface area (Å²) in [5, 5.41) is 94.8. The molecule has 3 aliphatic heterocycles. The van der Waals surface area contributed by atoms with Gasteiger partial charge in [0.1, 0.15) is 60.7 Å². The third-order valence-corrected chi connectivity index (χ3v) is 7.76. The van der Waals surface area contributed by atoms with Crippen molar-refractivity contribution in [3.63, 3.8) is 0 Å². The summed E-state index contributed by atoms with van der Waals surface area (Å²) in [5.41, 5.74) is 12.5. The SMILES string of the molecule is N[C@H]1[C@H](OC2[C@@H](CO)O[C@@H](OC3[C@@H](CO)O[C@@H](O)[C@H](N)[C@H]3O)[C@H](NCc3ccc(O)cc3)[C@H]2O)O[C@H](CO)[C@@H](O)[C@@H]1O. The second-order valence-corrected chi connectivity index (χ2v) is 10.6. The highest BCUT2D eigenvalue weighted by Gasteiger charge is 2.53. The Morgan fingerprint density at radius 1 is 0.667 bits per heavy atom. The molecule has 240 valence electrons. The summed E-state index contributed by atoms with van der Waals surface area (Å²) >= 11 is 0. The summed E-state index contributed by atoms with van der Waals surface area (Å²) in [4.78, 5) is 0. The number of hydrogen-bond acceptors (Lipinski definition) is 17. The van der Waals surface area contributed by atoms with Crippen molar-refractivity contribution in [3.05, 3.63) is 29.8 Å². The van der Waals surface area contributed by atoms with E-state index in [0.29, 0.717) is 5.56 Å². The largest absolute Gasteiger partial charge is 0.508 e. The van der Waals surface area contributed by atoms with Crippen LogP contribution in [0.1, 0.15) is 5.56 Å². The van der Waals surface area contributed by atoms with Gasteiger partial charge in [-0.15, -0.1) is 0 Å². The van der Waals surface area contributed by atoms with Crippen molar-refractivity contribution in [3.8, 4) is 5.75 Å². The standard InChI is InChI=1S/C25H41N3O14/c26-14-19(35)21(12(7-30)38-23(14)37)42-25-16(28-5-9-1-3-10(32)4-2-9)20(36)22(13(8-31)40-25)41-24-15(27)18(34)17(33)11(6-29)39-24/h1-4,11-25,28-37H,5-8,26-27H2/t11-,12-,13-,14-,15-,16-,17-,18-,19-,20-,21?,22?,23-,24+,25+/m1/s1. The molecule has 1 aromatic carbocycles. The van der Waals surface area contributed by atoms with Crippen LogP contribution in [0.2, 0.25) is 0 Å². The fraction of sp³-hybridized carbons (Fsp3) is 0.760. The van der Waals surface area contributed by atoms with Gasteiger partial charge in [-0.25, -0.2) is 0 Å². The first-order chi connectivity index (χ1) is 20.0. The van der Waals surface area contributed by atoms with Crippen molar-refractivity contribution in [2.24, 2.45) is 11.5 Å². The van der Waals surface area contributed by atoms with E-state index in [1.54, 1.807) is 12.1 Å². The first-order valence-electron chi connectivity index (χ1n) is 13.5. The molecule has 42 heavy (non-hydrogen) atoms. The predicted molar refractivity (Wildman–Crippen MR) is 138 cm³/mol. The molecular weight excluding hydrogens is 566 g/mol. The molecule has 17 nitrogen and oxygen atoms in total. The Kier molecular flexibility index (Phi) is 11.4. The van der Waals surface area contributed by atoms with Gasteiger partial charge in [-0.05, 0) is 17.7 Å². The van der Waals surface area contributed by atoms with E-state index < -0.39 is 112 Å². The Morgan fingerprint density at radius 3 is 1.83 bits per heavy atom. The maximum atomic E-state index is 11.5. The van der Waals surface area contributed by atoms with E-state index in [2.05, 4.69) is 5.32 Å². The molecule has 3 saturated heterocycles. The molecule has 0 saturated carbocycles. The van der Waals surface area contributed by atoms with Crippen LogP contribution in [0.15, 0.2) is 24.3 Å². The van der Waals surface area contributed by atoms with Crippen molar-refractivity contribution in [2.75, 3.05) is 19.8 Å². The first kappa shape index (κ1) is 33.3. The van der Waals surface area contributed by atoms with E-state index in [9.17, 15) is 46.0 Å². The molecule has 4 rings (SSSR count). The molecule has 0 spiro atoms. The maximum Gasteiger partial charge on any atom is 0.176 e. The molecule has 1 aromatic rings. The summed E-state index contributed by atoms with van der Waals surface area (Å²) in [6.07, 6.45) is -17.0.